The molecule has 1 aliphatic rings. The van der Waals surface area contributed by atoms with Crippen LogP contribution in [0, 0.1) is 0 Å². The second kappa shape index (κ2) is 3.75. The van der Waals surface area contributed by atoms with Gasteiger partial charge in [0, 0.05) is 13.1 Å². The molecule has 0 unspecified atom stereocenters. The maximum absolute atomic E-state index is 11.7. The first kappa shape index (κ1) is 9.15. The largest absolute Gasteiger partial charge is 0.337 e. The van der Waals surface area contributed by atoms with E-state index < -0.39 is 0 Å². The van der Waals surface area contributed by atoms with Crippen LogP contribution in [0.5, 0.6) is 0 Å². The summed E-state index contributed by atoms with van der Waals surface area (Å²) in [6, 6.07) is 0. The van der Waals surface area contributed by atoms with Gasteiger partial charge in [-0.2, -0.15) is 0 Å². The van der Waals surface area contributed by atoms with Gasteiger partial charge in [-0.3, -0.25) is 4.79 Å². The van der Waals surface area contributed by atoms with E-state index in [0.29, 0.717) is 5.01 Å². The van der Waals surface area contributed by atoms with Crippen molar-refractivity contribution in [3.8, 4) is 0 Å². The number of rotatable bonds is 1. The Hall–Kier alpha value is -0.420. The zero-order valence-corrected chi connectivity index (χ0v) is 9.40. The number of nitrogens with zero attached hydrogens (tertiary/aromatic N) is 2. The number of amides is 1. The second-order valence-electron chi connectivity index (χ2n) is 2.97. The summed E-state index contributed by atoms with van der Waals surface area (Å²) >= 11 is 4.69. The monoisotopic (exact) mass is 260 g/mol. The molecular formula is C8H9BrN2OS. The molecule has 2 heterocycles. The van der Waals surface area contributed by atoms with Gasteiger partial charge in [-0.1, -0.05) is 0 Å². The molecule has 0 atom stereocenters. The van der Waals surface area contributed by atoms with Crippen LogP contribution in [0.25, 0.3) is 0 Å². The molecule has 1 aromatic heterocycles. The summed E-state index contributed by atoms with van der Waals surface area (Å²) in [7, 11) is 0. The first-order valence-electron chi connectivity index (χ1n) is 4.18. The van der Waals surface area contributed by atoms with Gasteiger partial charge >= 0.3 is 0 Å². The van der Waals surface area contributed by atoms with Crippen LogP contribution in [0.15, 0.2) is 9.98 Å². The average Bonchev–Trinajstić information content (AvgIpc) is 2.72. The quantitative estimate of drug-likeness (QED) is 0.776. The van der Waals surface area contributed by atoms with Gasteiger partial charge in [0.25, 0.3) is 5.91 Å². The number of thiazole rings is 1. The smallest absolute Gasteiger partial charge is 0.282 e. The van der Waals surface area contributed by atoms with E-state index in [0.717, 1.165) is 29.7 Å². The van der Waals surface area contributed by atoms with Gasteiger partial charge in [0.15, 0.2) is 5.01 Å². The molecule has 0 saturated carbocycles. The van der Waals surface area contributed by atoms with Crippen LogP contribution in [-0.4, -0.2) is 28.9 Å². The highest BCUT2D eigenvalue weighted by atomic mass is 79.9. The number of carbonyl (C=O) groups is 1. The molecule has 0 radical (unpaired) electrons. The highest BCUT2D eigenvalue weighted by Crippen LogP contribution is 2.21. The number of hydrogen-bond acceptors (Lipinski definition) is 3. The number of likely N-dealkylation sites (tertiary alicyclic amines) is 1. The van der Waals surface area contributed by atoms with E-state index in [-0.39, 0.29) is 5.91 Å². The highest BCUT2D eigenvalue weighted by molar-refractivity contribution is 9.11. The van der Waals surface area contributed by atoms with Crippen molar-refractivity contribution in [2.24, 2.45) is 0 Å². The van der Waals surface area contributed by atoms with E-state index in [1.165, 1.54) is 11.3 Å². The van der Waals surface area contributed by atoms with E-state index in [4.69, 9.17) is 0 Å². The summed E-state index contributed by atoms with van der Waals surface area (Å²) in [4.78, 5) is 17.6. The highest BCUT2D eigenvalue weighted by Gasteiger charge is 2.21. The SMILES string of the molecule is O=C(c1ncc(Br)s1)N1CCCC1. The van der Waals surface area contributed by atoms with Gasteiger partial charge in [0.05, 0.1) is 9.98 Å². The van der Waals surface area contributed by atoms with E-state index >= 15 is 0 Å². The minimum absolute atomic E-state index is 0.0770. The Morgan fingerprint density at radius 1 is 1.54 bits per heavy atom. The standard InChI is InChI=1S/C8H9BrN2OS/c9-6-5-10-7(13-6)8(12)11-3-1-2-4-11/h5H,1-4H2. The van der Waals surface area contributed by atoms with E-state index in [2.05, 4.69) is 20.9 Å². The van der Waals surface area contributed by atoms with Crippen molar-refractivity contribution < 1.29 is 4.79 Å². The molecule has 0 aromatic carbocycles. The summed E-state index contributed by atoms with van der Waals surface area (Å²) in [5, 5.41) is 0.591. The molecule has 1 aromatic rings. The molecule has 1 amide bonds. The average molecular weight is 261 g/mol. The van der Waals surface area contributed by atoms with Gasteiger partial charge in [-0.05, 0) is 28.8 Å². The fourth-order valence-electron chi connectivity index (χ4n) is 1.41. The van der Waals surface area contributed by atoms with Crippen LogP contribution < -0.4 is 0 Å². The van der Waals surface area contributed by atoms with E-state index in [1.807, 2.05) is 4.90 Å². The van der Waals surface area contributed by atoms with Gasteiger partial charge in [0.2, 0.25) is 0 Å². The Kier molecular flexibility index (Phi) is 2.64. The van der Waals surface area contributed by atoms with Crippen molar-refractivity contribution in [2.75, 3.05) is 13.1 Å². The van der Waals surface area contributed by atoms with Crippen LogP contribution in [0.1, 0.15) is 22.6 Å². The molecule has 70 valence electrons. The third kappa shape index (κ3) is 1.91. The predicted octanol–water partition coefficient (Wildman–Crippen LogP) is 2.14. The Balaban J connectivity index is 2.12. The lowest BCUT2D eigenvalue weighted by atomic mass is 10.4. The van der Waals surface area contributed by atoms with Gasteiger partial charge in [-0.25, -0.2) is 4.98 Å². The van der Waals surface area contributed by atoms with Crippen LogP contribution in [0.3, 0.4) is 0 Å². The van der Waals surface area contributed by atoms with Crippen molar-refractivity contribution >= 4 is 33.2 Å². The lowest BCUT2D eigenvalue weighted by Crippen LogP contribution is -2.27. The summed E-state index contributed by atoms with van der Waals surface area (Å²) < 4.78 is 0.912. The van der Waals surface area contributed by atoms with E-state index in [9.17, 15) is 4.79 Å². The van der Waals surface area contributed by atoms with Gasteiger partial charge < -0.3 is 4.90 Å². The number of carbonyl (C=O) groups excluding carboxylic acids is 1. The van der Waals surface area contributed by atoms with Crippen molar-refractivity contribution in [3.63, 3.8) is 0 Å². The third-order valence-electron chi connectivity index (χ3n) is 2.05. The van der Waals surface area contributed by atoms with Crippen molar-refractivity contribution in [3.05, 3.63) is 15.0 Å². The summed E-state index contributed by atoms with van der Waals surface area (Å²) in [6.45, 7) is 1.77. The van der Waals surface area contributed by atoms with Crippen molar-refractivity contribution in [2.45, 2.75) is 12.8 Å². The van der Waals surface area contributed by atoms with Crippen LogP contribution in [0.4, 0.5) is 0 Å². The first-order valence-corrected chi connectivity index (χ1v) is 5.79. The lowest BCUT2D eigenvalue weighted by molar-refractivity contribution is 0.0792. The summed E-state index contributed by atoms with van der Waals surface area (Å²) in [6.07, 6.45) is 3.92. The molecular weight excluding hydrogens is 252 g/mol. The Labute approximate surface area is 88.9 Å². The molecule has 0 spiro atoms. The number of halogens is 1. The minimum Gasteiger partial charge on any atom is -0.337 e. The van der Waals surface area contributed by atoms with Gasteiger partial charge in [0.1, 0.15) is 0 Å². The predicted molar refractivity (Wildman–Crippen MR) is 55.0 cm³/mol. The molecule has 0 N–H and O–H groups in total. The summed E-state index contributed by atoms with van der Waals surface area (Å²) in [5.74, 6) is 0.0770. The van der Waals surface area contributed by atoms with Crippen molar-refractivity contribution in [1.82, 2.24) is 9.88 Å². The second-order valence-corrected chi connectivity index (χ2v) is 5.38. The Bertz CT molecular complexity index is 320. The molecule has 3 nitrogen and oxygen atoms in total. The molecule has 5 heteroatoms. The maximum Gasteiger partial charge on any atom is 0.282 e. The van der Waals surface area contributed by atoms with Crippen LogP contribution in [-0.2, 0) is 0 Å². The summed E-state index contributed by atoms with van der Waals surface area (Å²) in [5.41, 5.74) is 0. The first-order chi connectivity index (χ1) is 6.27. The van der Waals surface area contributed by atoms with Crippen LogP contribution in [0.2, 0.25) is 0 Å². The Morgan fingerprint density at radius 2 is 2.23 bits per heavy atom. The minimum atomic E-state index is 0.0770. The van der Waals surface area contributed by atoms with Gasteiger partial charge in [-0.15, -0.1) is 11.3 Å². The molecule has 0 bridgehead atoms. The van der Waals surface area contributed by atoms with Crippen molar-refractivity contribution in [1.29, 1.82) is 0 Å². The third-order valence-corrected chi connectivity index (χ3v) is 3.52. The lowest BCUT2D eigenvalue weighted by Gasteiger charge is -2.12. The molecule has 1 aliphatic heterocycles. The number of aromatic nitrogens is 1. The molecule has 2 rings (SSSR count). The fraction of sp³-hybridized carbons (Fsp3) is 0.500. The molecule has 1 saturated heterocycles. The molecule has 0 aliphatic carbocycles. The van der Waals surface area contributed by atoms with Crippen LogP contribution >= 0.6 is 27.3 Å². The topological polar surface area (TPSA) is 33.2 Å². The zero-order chi connectivity index (χ0) is 9.26. The fourth-order valence-corrected chi connectivity index (χ4v) is 2.58. The molecule has 1 fully saturated rings. The number of hydrogen-bond donors (Lipinski definition) is 0. The normalized spacial score (nSPS) is 16.5. The maximum atomic E-state index is 11.7. The zero-order valence-electron chi connectivity index (χ0n) is 6.99. The van der Waals surface area contributed by atoms with E-state index in [1.54, 1.807) is 6.20 Å². The molecule has 13 heavy (non-hydrogen) atoms. The Morgan fingerprint density at radius 3 is 2.77 bits per heavy atom.